The number of nitrogens with one attached hydrogen (secondary N) is 1. The highest BCUT2D eigenvalue weighted by Crippen LogP contribution is 2.24. The zero-order valence-corrected chi connectivity index (χ0v) is 12.3. The molecule has 0 saturated heterocycles. The van der Waals surface area contributed by atoms with E-state index >= 15 is 0 Å². The smallest absolute Gasteiger partial charge is 0.242 e. The maximum Gasteiger partial charge on any atom is 0.242 e. The van der Waals surface area contributed by atoms with Crippen LogP contribution >= 0.6 is 27.5 Å². The molecule has 0 spiro atoms. The second-order valence-corrected chi connectivity index (χ2v) is 6.37. The summed E-state index contributed by atoms with van der Waals surface area (Å²) >= 11 is 9.03. The Bertz CT molecular complexity index is 562. The van der Waals surface area contributed by atoms with Gasteiger partial charge in [0.25, 0.3) is 0 Å². The first-order valence-electron chi connectivity index (χ1n) is 4.78. The largest absolute Gasteiger partial charge is 0.409 e. The number of benzene rings is 1. The lowest BCUT2D eigenvalue weighted by Crippen LogP contribution is -2.28. The first kappa shape index (κ1) is 15.2. The van der Waals surface area contributed by atoms with Crippen LogP contribution in [0.5, 0.6) is 0 Å². The molecule has 0 aliphatic rings. The highest BCUT2D eigenvalue weighted by Gasteiger charge is 2.17. The fourth-order valence-electron chi connectivity index (χ4n) is 1.13. The van der Waals surface area contributed by atoms with Crippen LogP contribution in [0.3, 0.4) is 0 Å². The minimum atomic E-state index is -3.71. The van der Waals surface area contributed by atoms with Crippen molar-refractivity contribution in [2.75, 3.05) is 6.54 Å². The number of halogens is 2. The number of hydrogen-bond acceptors (Lipinski definition) is 4. The van der Waals surface area contributed by atoms with E-state index in [1.165, 1.54) is 12.1 Å². The molecule has 0 amide bonds. The van der Waals surface area contributed by atoms with Crippen molar-refractivity contribution in [3.63, 3.8) is 0 Å². The van der Waals surface area contributed by atoms with Gasteiger partial charge in [0.1, 0.15) is 10.7 Å². The molecule has 0 unspecified atom stereocenters. The van der Waals surface area contributed by atoms with E-state index in [1.54, 1.807) is 6.07 Å². The Morgan fingerprint density at radius 1 is 1.56 bits per heavy atom. The second-order valence-electron chi connectivity index (χ2n) is 3.31. The Morgan fingerprint density at radius 2 is 2.22 bits per heavy atom. The molecule has 1 aromatic carbocycles. The molecular formula is C9H11BrClN3O3S. The van der Waals surface area contributed by atoms with Gasteiger partial charge in [0.05, 0.1) is 5.02 Å². The topological polar surface area (TPSA) is 105 Å². The van der Waals surface area contributed by atoms with Gasteiger partial charge < -0.3 is 10.9 Å². The van der Waals surface area contributed by atoms with E-state index in [0.717, 1.165) is 0 Å². The summed E-state index contributed by atoms with van der Waals surface area (Å²) in [4.78, 5) is -0.0214. The van der Waals surface area contributed by atoms with Crippen molar-refractivity contribution < 1.29 is 13.6 Å². The highest BCUT2D eigenvalue weighted by molar-refractivity contribution is 9.10. The average Bonchev–Trinajstić information content (AvgIpc) is 2.27. The first-order chi connectivity index (χ1) is 8.36. The van der Waals surface area contributed by atoms with Crippen molar-refractivity contribution in [1.82, 2.24) is 4.72 Å². The summed E-state index contributed by atoms with van der Waals surface area (Å²) in [7, 11) is -3.71. The molecule has 0 saturated carbocycles. The molecule has 0 aliphatic carbocycles. The molecular weight excluding hydrogens is 346 g/mol. The van der Waals surface area contributed by atoms with Gasteiger partial charge in [0, 0.05) is 17.4 Å². The van der Waals surface area contributed by atoms with Crippen molar-refractivity contribution in [2.24, 2.45) is 10.9 Å². The average molecular weight is 357 g/mol. The van der Waals surface area contributed by atoms with E-state index in [1.807, 2.05) is 0 Å². The Kier molecular flexibility index (Phi) is 5.39. The predicted molar refractivity (Wildman–Crippen MR) is 72.4 cm³/mol. The quantitative estimate of drug-likeness (QED) is 0.322. The Hall–Kier alpha value is -0.830. The molecule has 100 valence electrons. The lowest BCUT2D eigenvalue weighted by molar-refractivity contribution is 0.317. The monoisotopic (exact) mass is 355 g/mol. The van der Waals surface area contributed by atoms with E-state index in [-0.39, 0.29) is 28.7 Å². The summed E-state index contributed by atoms with van der Waals surface area (Å²) in [5.41, 5.74) is 5.22. The molecule has 4 N–H and O–H groups in total. The summed E-state index contributed by atoms with van der Waals surface area (Å²) in [5, 5.41) is 11.2. The lowest BCUT2D eigenvalue weighted by Gasteiger charge is -2.08. The summed E-state index contributed by atoms with van der Waals surface area (Å²) in [6, 6.07) is 4.45. The highest BCUT2D eigenvalue weighted by atomic mass is 79.9. The molecule has 0 bridgehead atoms. The first-order valence-corrected chi connectivity index (χ1v) is 7.43. The van der Waals surface area contributed by atoms with Gasteiger partial charge in [0.15, 0.2) is 0 Å². The van der Waals surface area contributed by atoms with Gasteiger partial charge in [-0.3, -0.25) is 0 Å². The van der Waals surface area contributed by atoms with Gasteiger partial charge in [-0.05, 0) is 18.2 Å². The number of nitrogens with zero attached hydrogens (tertiary/aromatic N) is 1. The van der Waals surface area contributed by atoms with Crippen LogP contribution in [0, 0.1) is 0 Å². The van der Waals surface area contributed by atoms with E-state index in [2.05, 4.69) is 25.8 Å². The number of rotatable bonds is 5. The Balaban J connectivity index is 2.81. The van der Waals surface area contributed by atoms with E-state index in [0.29, 0.717) is 4.47 Å². The molecule has 0 atom stereocenters. The van der Waals surface area contributed by atoms with Gasteiger partial charge >= 0.3 is 0 Å². The van der Waals surface area contributed by atoms with Crippen molar-refractivity contribution in [1.29, 1.82) is 0 Å². The van der Waals surface area contributed by atoms with E-state index in [9.17, 15) is 8.42 Å². The molecule has 9 heteroatoms. The van der Waals surface area contributed by atoms with Crippen LogP contribution in [0.4, 0.5) is 0 Å². The van der Waals surface area contributed by atoms with E-state index in [4.69, 9.17) is 22.5 Å². The third-order valence-electron chi connectivity index (χ3n) is 1.99. The van der Waals surface area contributed by atoms with Crippen molar-refractivity contribution in [3.8, 4) is 0 Å². The summed E-state index contributed by atoms with van der Waals surface area (Å²) in [6.07, 6.45) is 0.101. The fraction of sp³-hybridized carbons (Fsp3) is 0.222. The molecule has 0 aromatic heterocycles. The zero-order chi connectivity index (χ0) is 13.8. The zero-order valence-electron chi connectivity index (χ0n) is 9.10. The number of sulfonamides is 1. The second kappa shape index (κ2) is 6.37. The van der Waals surface area contributed by atoms with Crippen LogP contribution in [-0.2, 0) is 10.0 Å². The van der Waals surface area contributed by atoms with Crippen LogP contribution in [0.25, 0.3) is 0 Å². The normalized spacial score (nSPS) is 12.7. The van der Waals surface area contributed by atoms with Gasteiger partial charge in [-0.2, -0.15) is 0 Å². The van der Waals surface area contributed by atoms with Crippen LogP contribution < -0.4 is 10.5 Å². The van der Waals surface area contributed by atoms with Crippen LogP contribution in [-0.4, -0.2) is 26.0 Å². The van der Waals surface area contributed by atoms with Gasteiger partial charge in [-0.25, -0.2) is 13.1 Å². The van der Waals surface area contributed by atoms with Gasteiger partial charge in [-0.1, -0.05) is 32.7 Å². The van der Waals surface area contributed by atoms with Crippen molar-refractivity contribution in [3.05, 3.63) is 27.7 Å². The SMILES string of the molecule is NC(CCNS(=O)(=O)c1ccc(Br)cc1Cl)=NO. The van der Waals surface area contributed by atoms with Crippen molar-refractivity contribution >= 4 is 43.4 Å². The molecule has 0 fully saturated rings. The minimum absolute atomic E-state index is 0.0185. The molecule has 6 nitrogen and oxygen atoms in total. The number of hydrogen-bond donors (Lipinski definition) is 3. The molecule has 0 heterocycles. The summed E-state index contributed by atoms with van der Waals surface area (Å²) in [6.45, 7) is 0.0185. The number of amidine groups is 1. The summed E-state index contributed by atoms with van der Waals surface area (Å²) in [5.74, 6) is -0.0559. The van der Waals surface area contributed by atoms with Crippen LogP contribution in [0.15, 0.2) is 32.7 Å². The Labute approximate surface area is 118 Å². The number of oxime groups is 1. The Morgan fingerprint density at radius 3 is 2.78 bits per heavy atom. The third-order valence-corrected chi connectivity index (χ3v) is 4.42. The predicted octanol–water partition coefficient (Wildman–Crippen LogP) is 1.52. The maximum atomic E-state index is 11.9. The van der Waals surface area contributed by atoms with Crippen LogP contribution in [0.1, 0.15) is 6.42 Å². The molecule has 18 heavy (non-hydrogen) atoms. The fourth-order valence-corrected chi connectivity index (χ4v) is 3.20. The molecule has 1 aromatic rings. The summed E-state index contributed by atoms with van der Waals surface area (Å²) < 4.78 is 26.7. The van der Waals surface area contributed by atoms with Gasteiger partial charge in [-0.15, -0.1) is 0 Å². The van der Waals surface area contributed by atoms with Crippen LogP contribution in [0.2, 0.25) is 5.02 Å². The molecule has 1 rings (SSSR count). The minimum Gasteiger partial charge on any atom is -0.409 e. The molecule has 0 aliphatic heterocycles. The lowest BCUT2D eigenvalue weighted by atomic mass is 10.4. The third kappa shape index (κ3) is 4.13. The standard InChI is InChI=1S/C9H11BrClN3O3S/c10-6-1-2-8(7(11)5-6)18(16,17)13-4-3-9(12)14-15/h1-2,5,13,15H,3-4H2,(H2,12,14). The van der Waals surface area contributed by atoms with Crippen molar-refractivity contribution in [2.45, 2.75) is 11.3 Å². The van der Waals surface area contributed by atoms with E-state index < -0.39 is 10.0 Å². The maximum absolute atomic E-state index is 11.9. The van der Waals surface area contributed by atoms with Gasteiger partial charge in [0.2, 0.25) is 10.0 Å². The number of nitrogens with two attached hydrogens (primary N) is 1. The molecule has 0 radical (unpaired) electrons.